The number of carbonyl (C=O) groups excluding carboxylic acids is 4. The number of aryl methyl sites for hydroxylation is 1. The van der Waals surface area contributed by atoms with Crippen molar-refractivity contribution in [2.24, 2.45) is 11.8 Å². The SMILES string of the molecule is CCCCc1nc2c(N)nnc(OC(C)C)c2n1C[C@H]1CC[C@H](CNC(=O)CCOCCOCCOCCOCCOCCOCCOCCOCCOCCOCCOCCOCCNC(=O)CCN2C(=O)C=CC2=O)CC1. The van der Waals surface area contributed by atoms with Gasteiger partial charge in [0.2, 0.25) is 11.8 Å². The largest absolute Gasteiger partial charge is 0.472 e. The number of nitrogen functional groups attached to an aromatic ring is 1. The van der Waals surface area contributed by atoms with Crippen LogP contribution in [0, 0.1) is 11.8 Å². The van der Waals surface area contributed by atoms with E-state index in [0.29, 0.717) is 207 Å². The molecular formula is C54H92N8O17. The summed E-state index contributed by atoms with van der Waals surface area (Å²) in [5, 5.41) is 14.2. The molecule has 2 aromatic heterocycles. The minimum atomic E-state index is -0.402. The number of fused-ring (bicyclic) bond motifs is 1. The number of nitrogens with zero attached hydrogens (tertiary/aromatic N) is 5. The number of nitrogens with one attached hydrogen (secondary N) is 2. The van der Waals surface area contributed by atoms with Gasteiger partial charge in [0.05, 0.1) is 165 Å². The Morgan fingerprint density at radius 3 is 1.44 bits per heavy atom. The van der Waals surface area contributed by atoms with Gasteiger partial charge in [0.15, 0.2) is 5.82 Å². The van der Waals surface area contributed by atoms with E-state index in [1.165, 1.54) is 12.2 Å². The standard InChI is InChI=1S/C54H92N8O17/c1-4-5-6-46-58-51-52(54(79-43(2)3)60-59-53(51)55)62(46)42-45-9-7-44(8-10-45)41-57-48(64)14-17-67-19-21-69-23-25-71-27-29-73-31-33-75-35-37-77-39-40-78-38-36-76-34-32-74-30-28-72-26-24-70-22-20-68-18-15-56-47(63)13-16-61-49(65)11-12-50(61)66/h11-12,43-45H,4-10,13-42H2,1-3H3,(H2,55,59)(H,56,63)(H,57,64)/t44-,45-. The summed E-state index contributed by atoms with van der Waals surface area (Å²) >= 11 is 0. The van der Waals surface area contributed by atoms with Gasteiger partial charge in [0.1, 0.15) is 16.9 Å². The first kappa shape index (κ1) is 67.0. The van der Waals surface area contributed by atoms with Crippen LogP contribution in [-0.4, -0.2) is 233 Å². The number of unbranched alkanes of at least 4 members (excludes halogenated alkanes) is 1. The molecular weight excluding hydrogens is 1030 g/mol. The molecule has 450 valence electrons. The molecule has 0 aromatic carbocycles. The fraction of sp³-hybridized carbons (Fsp3) is 0.796. The fourth-order valence-corrected chi connectivity index (χ4v) is 8.24. The molecule has 0 radical (unpaired) electrons. The number of carbonyl (C=O) groups is 4. The smallest absolute Gasteiger partial charge is 0.260 e. The molecule has 79 heavy (non-hydrogen) atoms. The van der Waals surface area contributed by atoms with E-state index >= 15 is 0 Å². The molecule has 3 heterocycles. The molecule has 0 bridgehead atoms. The highest BCUT2D eigenvalue weighted by Gasteiger charge is 2.27. The zero-order valence-electron chi connectivity index (χ0n) is 47.3. The number of anilines is 1. The van der Waals surface area contributed by atoms with Crippen molar-refractivity contribution in [2.75, 3.05) is 184 Å². The van der Waals surface area contributed by atoms with Gasteiger partial charge >= 0.3 is 0 Å². The van der Waals surface area contributed by atoms with Crippen LogP contribution in [0.15, 0.2) is 12.2 Å². The summed E-state index contributed by atoms with van der Waals surface area (Å²) in [4.78, 5) is 53.3. The average molecular weight is 1130 g/mol. The molecule has 25 nitrogen and oxygen atoms in total. The fourth-order valence-electron chi connectivity index (χ4n) is 8.24. The van der Waals surface area contributed by atoms with E-state index < -0.39 is 11.8 Å². The normalized spacial score (nSPS) is 15.6. The van der Waals surface area contributed by atoms with Crippen LogP contribution in [0.5, 0.6) is 5.88 Å². The Morgan fingerprint density at radius 2 is 1.00 bits per heavy atom. The maximum absolute atomic E-state index is 12.5. The van der Waals surface area contributed by atoms with E-state index in [2.05, 4.69) is 32.3 Å². The number of nitrogens with two attached hydrogens (primary N) is 1. The van der Waals surface area contributed by atoms with Gasteiger partial charge in [-0.3, -0.25) is 24.1 Å². The highest BCUT2D eigenvalue weighted by Crippen LogP contribution is 2.34. The van der Waals surface area contributed by atoms with Gasteiger partial charge in [-0.25, -0.2) is 4.98 Å². The molecule has 2 aromatic rings. The second kappa shape index (κ2) is 43.3. The van der Waals surface area contributed by atoms with Gasteiger partial charge in [0, 0.05) is 57.6 Å². The summed E-state index contributed by atoms with van der Waals surface area (Å²) in [5.74, 6) is 1.71. The van der Waals surface area contributed by atoms with Crippen molar-refractivity contribution >= 4 is 40.5 Å². The Bertz CT molecular complexity index is 1970. The molecule has 0 saturated heterocycles. The van der Waals surface area contributed by atoms with E-state index in [1.807, 2.05) is 13.8 Å². The van der Waals surface area contributed by atoms with Crippen LogP contribution in [0.3, 0.4) is 0 Å². The maximum atomic E-state index is 12.5. The van der Waals surface area contributed by atoms with Crippen molar-refractivity contribution in [3.8, 4) is 5.88 Å². The Balaban J connectivity index is 0.791. The molecule has 4 amide bonds. The summed E-state index contributed by atoms with van der Waals surface area (Å²) < 4.78 is 74.5. The third-order valence-electron chi connectivity index (χ3n) is 12.4. The van der Waals surface area contributed by atoms with E-state index in [9.17, 15) is 19.2 Å². The summed E-state index contributed by atoms with van der Waals surface area (Å²) in [6.07, 6.45) is 9.94. The summed E-state index contributed by atoms with van der Waals surface area (Å²) in [7, 11) is 0. The maximum Gasteiger partial charge on any atom is 0.260 e. The molecule has 1 aliphatic heterocycles. The van der Waals surface area contributed by atoms with Crippen LogP contribution in [0.2, 0.25) is 0 Å². The van der Waals surface area contributed by atoms with E-state index in [0.717, 1.165) is 67.7 Å². The van der Waals surface area contributed by atoms with Crippen molar-refractivity contribution in [1.29, 1.82) is 0 Å². The topological polar surface area (TPSA) is 285 Å². The number of amides is 4. The number of imide groups is 1. The van der Waals surface area contributed by atoms with Gasteiger partial charge in [-0.2, -0.15) is 0 Å². The van der Waals surface area contributed by atoms with Gasteiger partial charge in [-0.05, 0) is 57.8 Å². The predicted octanol–water partition coefficient (Wildman–Crippen LogP) is 2.48. The molecule has 1 saturated carbocycles. The Morgan fingerprint density at radius 1 is 0.582 bits per heavy atom. The molecule has 1 aliphatic carbocycles. The molecule has 2 aliphatic rings. The lowest BCUT2D eigenvalue weighted by Crippen LogP contribution is -2.35. The lowest BCUT2D eigenvalue weighted by Gasteiger charge is -2.29. The highest BCUT2D eigenvalue weighted by molar-refractivity contribution is 6.13. The Labute approximate surface area is 466 Å². The second-order valence-electron chi connectivity index (χ2n) is 19.0. The number of hydrogen-bond donors (Lipinski definition) is 3. The van der Waals surface area contributed by atoms with Crippen LogP contribution in [-0.2, 0) is 89.0 Å². The first-order valence-corrected chi connectivity index (χ1v) is 28.3. The zero-order chi connectivity index (χ0) is 56.4. The lowest BCUT2D eigenvalue weighted by atomic mass is 9.82. The molecule has 25 heteroatoms. The summed E-state index contributed by atoms with van der Waals surface area (Å²) in [6, 6.07) is 0. The summed E-state index contributed by atoms with van der Waals surface area (Å²) in [5.41, 5.74) is 7.74. The van der Waals surface area contributed by atoms with E-state index in [4.69, 9.17) is 72.3 Å². The number of aromatic nitrogens is 4. The molecule has 1 fully saturated rings. The van der Waals surface area contributed by atoms with Crippen molar-refractivity contribution in [3.63, 3.8) is 0 Å². The second-order valence-corrected chi connectivity index (χ2v) is 19.0. The molecule has 0 atom stereocenters. The Kier molecular flexibility index (Phi) is 36.7. The van der Waals surface area contributed by atoms with Crippen LogP contribution in [0.25, 0.3) is 11.0 Å². The van der Waals surface area contributed by atoms with Crippen molar-refractivity contribution < 1.29 is 80.8 Å². The zero-order valence-corrected chi connectivity index (χ0v) is 47.3. The number of hydrogen-bond acceptors (Lipinski definition) is 21. The third kappa shape index (κ3) is 30.2. The molecule has 4 rings (SSSR count). The van der Waals surface area contributed by atoms with Gasteiger partial charge in [-0.15, -0.1) is 10.2 Å². The van der Waals surface area contributed by atoms with Crippen LogP contribution < -0.4 is 21.1 Å². The highest BCUT2D eigenvalue weighted by atomic mass is 16.6. The first-order valence-electron chi connectivity index (χ1n) is 28.3. The number of ether oxygens (including phenoxy) is 13. The molecule has 0 unspecified atom stereocenters. The minimum Gasteiger partial charge on any atom is -0.472 e. The van der Waals surface area contributed by atoms with Crippen molar-refractivity contribution in [2.45, 2.75) is 91.2 Å². The van der Waals surface area contributed by atoms with Crippen LogP contribution in [0.1, 0.15) is 78.0 Å². The predicted molar refractivity (Wildman–Crippen MR) is 291 cm³/mol. The molecule has 0 spiro atoms. The summed E-state index contributed by atoms with van der Waals surface area (Å²) in [6.45, 7) is 18.5. The monoisotopic (exact) mass is 1120 g/mol. The first-order chi connectivity index (χ1) is 38.7. The van der Waals surface area contributed by atoms with Gasteiger partial charge in [0.25, 0.3) is 17.7 Å². The van der Waals surface area contributed by atoms with E-state index in [-0.39, 0.29) is 30.9 Å². The Hall–Kier alpha value is -4.51. The number of imidazole rings is 1. The van der Waals surface area contributed by atoms with Crippen LogP contribution in [0.4, 0.5) is 5.82 Å². The lowest BCUT2D eigenvalue weighted by molar-refractivity contribution is -0.137. The third-order valence-corrected chi connectivity index (χ3v) is 12.4. The minimum absolute atomic E-state index is 0.00614. The van der Waals surface area contributed by atoms with Gasteiger partial charge < -0.3 is 82.5 Å². The quantitative estimate of drug-likeness (QED) is 0.0634. The molecule has 4 N–H and O–H groups in total. The van der Waals surface area contributed by atoms with Crippen LogP contribution >= 0.6 is 0 Å². The van der Waals surface area contributed by atoms with Gasteiger partial charge in [-0.1, -0.05) is 13.3 Å². The average Bonchev–Trinajstić information content (AvgIpc) is 4.13. The number of rotatable bonds is 51. The van der Waals surface area contributed by atoms with Crippen molar-refractivity contribution in [1.82, 2.24) is 35.3 Å². The van der Waals surface area contributed by atoms with Crippen molar-refractivity contribution in [3.05, 3.63) is 18.0 Å². The van der Waals surface area contributed by atoms with E-state index in [1.54, 1.807) is 0 Å².